The van der Waals surface area contributed by atoms with Crippen molar-refractivity contribution in [1.82, 2.24) is 9.97 Å². The van der Waals surface area contributed by atoms with Crippen molar-refractivity contribution in [3.63, 3.8) is 0 Å². The Bertz CT molecular complexity index is 4460. The number of anilines is 1. The molecule has 1 aliphatic heterocycles. The zero-order valence-corrected chi connectivity index (χ0v) is 37.8. The predicted molar refractivity (Wildman–Crippen MR) is 284 cm³/mol. The minimum Gasteiger partial charge on any atom is -0.378 e. The number of morpholine rings is 1. The van der Waals surface area contributed by atoms with E-state index in [4.69, 9.17) is 11.2 Å². The molecule has 5 heteroatoms. The summed E-state index contributed by atoms with van der Waals surface area (Å²) in [5.41, 5.74) is 2.41. The summed E-state index contributed by atoms with van der Waals surface area (Å²) in [6.45, 7) is 4.62. The third-order valence-electron chi connectivity index (χ3n) is 6.27. The summed E-state index contributed by atoms with van der Waals surface area (Å²) in [6, 6.07) is 3.00. The topological polar surface area (TPSA) is 41.1 Å². The average Bonchev–Trinajstić information content (AvgIpc) is 3.89. The van der Waals surface area contributed by atoms with E-state index in [9.17, 15) is 4.39 Å². The van der Waals surface area contributed by atoms with Crippen molar-refractivity contribution in [2.75, 3.05) is 31.2 Å². The molecule has 0 bridgehead atoms. The summed E-state index contributed by atoms with van der Waals surface area (Å²) in [6.07, 6.45) is 6.53. The maximum absolute atomic E-state index is 13.4. The molecule has 73 heavy (non-hydrogen) atoms. The summed E-state index contributed by atoms with van der Waals surface area (Å²) in [7, 11) is 0. The Morgan fingerprint density at radius 2 is 0.644 bits per heavy atom. The van der Waals surface area contributed by atoms with Crippen LogP contribution >= 0.6 is 0 Å². The Hall–Kier alpha value is -13.9. The standard InChI is InChI=1S/C57H4.C11H12FN3O/c1-3-5-7-9-11-13-15-17-19-21-23-25-27-29-31-33-35-37-39-41-43-45-47-49-51-53-55-57-56-54-52-50-48-46-44-42-40-38-36-34-32-30-28-26-24-22-20-18-16-14-12-10-8-6-4-2;12-8-5-9-11(14-7-13-9)10(6-8)15-1-3-16-4-2-15/h1H,2H3;5-7H,1-4H2,(H,13,14). The van der Waals surface area contributed by atoms with E-state index < -0.39 is 0 Å². The Balaban J connectivity index is 0.000000941. The summed E-state index contributed by atoms with van der Waals surface area (Å²) in [5.74, 6) is 137. The van der Waals surface area contributed by atoms with E-state index in [1.807, 2.05) is 0 Å². The number of ether oxygens (including phenoxy) is 1. The predicted octanol–water partition coefficient (Wildman–Crippen LogP) is 2.27. The molecule has 4 nitrogen and oxygen atoms in total. The van der Waals surface area contributed by atoms with Crippen molar-refractivity contribution in [2.45, 2.75) is 6.92 Å². The van der Waals surface area contributed by atoms with E-state index in [0.717, 1.165) is 29.8 Å². The second-order valence-corrected chi connectivity index (χ2v) is 10.8. The van der Waals surface area contributed by atoms with E-state index in [0.29, 0.717) is 13.2 Å². The molecule has 0 amide bonds. The van der Waals surface area contributed by atoms with Crippen molar-refractivity contribution < 1.29 is 9.13 Å². The number of halogens is 1. The maximum atomic E-state index is 13.4. The second kappa shape index (κ2) is 43.3. The number of H-pyrrole nitrogens is 1. The van der Waals surface area contributed by atoms with Gasteiger partial charge in [-0.2, -0.15) is 0 Å². The molecule has 1 fully saturated rings. The Morgan fingerprint density at radius 1 is 0.397 bits per heavy atom. The van der Waals surface area contributed by atoms with Gasteiger partial charge in [0, 0.05) is 238 Å². The molecule has 1 saturated heterocycles. The van der Waals surface area contributed by atoms with Gasteiger partial charge in [-0.05, 0) is 114 Å². The molecular formula is C68H16FN3O. The molecular weight excluding hydrogens is 894 g/mol. The Kier molecular flexibility index (Phi) is 32.8. The number of rotatable bonds is 1. The fraction of sp³-hybridized carbons (Fsp3) is 0.0735. The van der Waals surface area contributed by atoms with Gasteiger partial charge in [-0.1, -0.05) is 5.92 Å². The van der Waals surface area contributed by atoms with Gasteiger partial charge in [0.25, 0.3) is 0 Å². The van der Waals surface area contributed by atoms with Crippen LogP contribution in [-0.4, -0.2) is 36.3 Å². The molecule has 1 aromatic carbocycles. The number of fused-ring (bicyclic) bond motifs is 1. The minimum atomic E-state index is -0.238. The van der Waals surface area contributed by atoms with Crippen molar-refractivity contribution in [2.24, 2.45) is 0 Å². The van der Waals surface area contributed by atoms with Crippen LogP contribution in [0, 0.1) is 338 Å². The zero-order chi connectivity index (χ0) is 51.8. The van der Waals surface area contributed by atoms with E-state index in [2.05, 4.69) is 340 Å². The van der Waals surface area contributed by atoms with E-state index in [1.165, 1.54) is 12.1 Å². The van der Waals surface area contributed by atoms with Crippen LogP contribution < -0.4 is 4.90 Å². The molecule has 1 N–H and O–H groups in total. The summed E-state index contributed by atoms with van der Waals surface area (Å²) >= 11 is 0. The van der Waals surface area contributed by atoms with Crippen molar-refractivity contribution in [3.05, 3.63) is 24.3 Å². The largest absolute Gasteiger partial charge is 0.378 e. The van der Waals surface area contributed by atoms with Crippen LogP contribution in [0.3, 0.4) is 0 Å². The van der Waals surface area contributed by atoms with Gasteiger partial charge in [-0.15, -0.1) is 6.42 Å². The Morgan fingerprint density at radius 3 is 0.890 bits per heavy atom. The lowest BCUT2D eigenvalue weighted by Crippen LogP contribution is -2.36. The number of aromatic amines is 1. The lowest BCUT2D eigenvalue weighted by molar-refractivity contribution is 0.123. The highest BCUT2D eigenvalue weighted by atomic mass is 19.1. The molecule has 1 aliphatic rings. The highest BCUT2D eigenvalue weighted by Crippen LogP contribution is 2.26. The van der Waals surface area contributed by atoms with E-state index in [1.54, 1.807) is 13.3 Å². The molecule has 2 heterocycles. The molecule has 3 rings (SSSR count). The first kappa shape index (κ1) is 55.2. The molecule has 0 unspecified atom stereocenters. The summed E-state index contributed by atoms with van der Waals surface area (Å²) in [4.78, 5) is 9.27. The minimum absolute atomic E-state index is 0.238. The first-order valence-electron chi connectivity index (χ1n) is 19.6. The van der Waals surface area contributed by atoms with Gasteiger partial charge in [0.2, 0.25) is 0 Å². The fourth-order valence-corrected chi connectivity index (χ4v) is 3.73. The van der Waals surface area contributed by atoms with Crippen molar-refractivity contribution in [1.29, 1.82) is 0 Å². The summed E-state index contributed by atoms with van der Waals surface area (Å²) in [5, 5.41) is 0. The molecule has 0 atom stereocenters. The number of imidazole rings is 1. The quantitative estimate of drug-likeness (QED) is 0.448. The molecule has 2 aromatic rings. The van der Waals surface area contributed by atoms with Crippen LogP contribution in [0.5, 0.6) is 0 Å². The van der Waals surface area contributed by atoms with Gasteiger partial charge < -0.3 is 14.6 Å². The van der Waals surface area contributed by atoms with Crippen LogP contribution in [0.4, 0.5) is 10.1 Å². The Labute approximate surface area is 428 Å². The van der Waals surface area contributed by atoms with Crippen LogP contribution in [0.2, 0.25) is 0 Å². The molecule has 1 aromatic heterocycles. The average molecular weight is 910 g/mol. The van der Waals surface area contributed by atoms with E-state index in [-0.39, 0.29) is 5.82 Å². The van der Waals surface area contributed by atoms with Crippen LogP contribution in [0.1, 0.15) is 6.92 Å². The fourth-order valence-electron chi connectivity index (χ4n) is 3.73. The van der Waals surface area contributed by atoms with Crippen LogP contribution in [0.15, 0.2) is 18.5 Å². The number of hydrogen-bond acceptors (Lipinski definition) is 3. The van der Waals surface area contributed by atoms with Gasteiger partial charge in [0.1, 0.15) is 11.3 Å². The highest BCUT2D eigenvalue weighted by Gasteiger charge is 2.16. The smallest absolute Gasteiger partial charge is 0.127 e. The second-order valence-electron chi connectivity index (χ2n) is 10.8. The molecule has 0 aliphatic carbocycles. The molecule has 316 valence electrons. The molecule has 0 radical (unpaired) electrons. The van der Waals surface area contributed by atoms with Crippen molar-refractivity contribution in [3.8, 4) is 332 Å². The molecule has 0 saturated carbocycles. The van der Waals surface area contributed by atoms with Gasteiger partial charge in [0.05, 0.1) is 30.7 Å². The van der Waals surface area contributed by atoms with Crippen molar-refractivity contribution >= 4 is 16.7 Å². The van der Waals surface area contributed by atoms with Gasteiger partial charge in [0.15, 0.2) is 0 Å². The van der Waals surface area contributed by atoms with Gasteiger partial charge in [-0.25, -0.2) is 9.37 Å². The first-order chi connectivity index (χ1) is 36.3. The normalized spacial score (nSPS) is 6.78. The lowest BCUT2D eigenvalue weighted by Gasteiger charge is -2.29. The number of hydrogen-bond donors (Lipinski definition) is 1. The van der Waals surface area contributed by atoms with Crippen LogP contribution in [0.25, 0.3) is 11.0 Å². The third kappa shape index (κ3) is 33.3. The third-order valence-corrected chi connectivity index (χ3v) is 6.27. The monoisotopic (exact) mass is 909 g/mol. The lowest BCUT2D eigenvalue weighted by atomic mass is 10.2. The SMILES string of the molecule is C#CC#CC#CC#CC#CC#CC#CC#CC#CC#CC#CC#CC#CC#CC#CC#CC#CC#CC#CC#CC#CC#CC#CC#CC#CC#CC#CC#CC.Fc1cc(N2CCOCC2)c2nc[nH]c2c1. The van der Waals surface area contributed by atoms with Crippen LogP contribution in [-0.2, 0) is 4.74 Å². The summed E-state index contributed by atoms with van der Waals surface area (Å²) < 4.78 is 18.7. The van der Waals surface area contributed by atoms with Gasteiger partial charge in [-0.3, -0.25) is 0 Å². The number of terminal acetylenes is 1. The van der Waals surface area contributed by atoms with E-state index >= 15 is 0 Å². The zero-order valence-electron chi connectivity index (χ0n) is 37.8. The number of nitrogens with one attached hydrogen (secondary N) is 1. The number of aromatic nitrogens is 2. The van der Waals surface area contributed by atoms with Gasteiger partial charge >= 0.3 is 0 Å². The maximum Gasteiger partial charge on any atom is 0.127 e. The molecule has 0 spiro atoms. The highest BCUT2D eigenvalue weighted by molar-refractivity contribution is 5.88. The number of benzene rings is 1. The number of nitrogens with zero attached hydrogens (tertiary/aromatic N) is 2. The first-order valence-corrected chi connectivity index (χ1v) is 19.6.